The van der Waals surface area contributed by atoms with Crippen LogP contribution >= 0.6 is 22.9 Å². The van der Waals surface area contributed by atoms with Crippen molar-refractivity contribution in [3.05, 3.63) is 51.6 Å². The summed E-state index contributed by atoms with van der Waals surface area (Å²) in [6, 6.07) is 4.06. The second kappa shape index (κ2) is 10.1. The Balaban J connectivity index is 1.67. The van der Waals surface area contributed by atoms with Gasteiger partial charge in [0.05, 0.1) is 42.1 Å². The van der Waals surface area contributed by atoms with E-state index in [4.69, 9.17) is 14.2 Å². The van der Waals surface area contributed by atoms with Crippen LogP contribution in [0.25, 0.3) is 0 Å². The zero-order valence-corrected chi connectivity index (χ0v) is 23.5. The number of benzene rings is 2. The molecule has 2 aromatic rings. The molecule has 0 radical (unpaired) electrons. The molecule has 39 heavy (non-hydrogen) atoms. The molecule has 5 rings (SSSR count). The van der Waals surface area contributed by atoms with Gasteiger partial charge < -0.3 is 34.6 Å². The Bertz CT molecular complexity index is 1390. The van der Waals surface area contributed by atoms with Gasteiger partial charge in [-0.25, -0.2) is 0 Å². The Morgan fingerprint density at radius 3 is 2.49 bits per heavy atom. The summed E-state index contributed by atoms with van der Waals surface area (Å²) in [6.07, 6.45) is -4.10. The number of carbonyl (C=O) groups is 3. The number of hydrogen-bond acceptors (Lipinski definition) is 11. The summed E-state index contributed by atoms with van der Waals surface area (Å²) < 4.78 is 20.2. The van der Waals surface area contributed by atoms with Crippen LogP contribution in [-0.2, 0) is 20.7 Å². The smallest absolute Gasteiger partial charge is 0.202 e. The molecule has 3 aliphatic rings. The highest BCUT2D eigenvalue weighted by Gasteiger charge is 2.49. The first-order valence-corrected chi connectivity index (χ1v) is 13.5. The summed E-state index contributed by atoms with van der Waals surface area (Å²) in [5.41, 5.74) is -2.95. The van der Waals surface area contributed by atoms with E-state index in [0.717, 1.165) is 0 Å². The highest BCUT2D eigenvalue weighted by Crippen LogP contribution is 2.52. The van der Waals surface area contributed by atoms with E-state index in [-0.39, 0.29) is 40.8 Å². The number of phenolic OH excluding ortho intramolecular Hbond substituents is 2. The van der Waals surface area contributed by atoms with Gasteiger partial charge in [0.1, 0.15) is 22.8 Å². The van der Waals surface area contributed by atoms with Gasteiger partial charge in [-0.05, 0) is 19.9 Å². The van der Waals surface area contributed by atoms with Crippen molar-refractivity contribution >= 4 is 40.2 Å². The zero-order valence-electron chi connectivity index (χ0n) is 21.4. The Kier molecular flexibility index (Phi) is 7.23. The van der Waals surface area contributed by atoms with Crippen molar-refractivity contribution in [3.63, 3.8) is 0 Å². The number of aliphatic hydroxyl groups is 2. The lowest BCUT2D eigenvalue weighted by Gasteiger charge is -2.42. The van der Waals surface area contributed by atoms with Crippen molar-refractivity contribution in [2.75, 3.05) is 7.11 Å². The largest absolute Gasteiger partial charge is 0.507 e. The number of fused-ring (bicyclic) bond motifs is 3. The lowest BCUT2D eigenvalue weighted by Crippen LogP contribution is -2.52. The van der Waals surface area contributed by atoms with Crippen LogP contribution in [-0.4, -0.2) is 75.0 Å². The second-order valence-corrected chi connectivity index (χ2v) is 10.8. The summed E-state index contributed by atoms with van der Waals surface area (Å²) in [4.78, 5) is 39.7. The molecule has 1 fully saturated rings. The molecule has 1 aliphatic heterocycles. The van der Waals surface area contributed by atoms with E-state index in [1.807, 2.05) is 22.9 Å². The lowest BCUT2D eigenvalue weighted by atomic mass is 9.72. The summed E-state index contributed by atoms with van der Waals surface area (Å²) >= 11 is 1.91. The van der Waals surface area contributed by atoms with E-state index in [9.17, 15) is 34.8 Å². The van der Waals surface area contributed by atoms with Crippen molar-refractivity contribution in [2.45, 2.75) is 69.4 Å². The van der Waals surface area contributed by atoms with Gasteiger partial charge in [0.25, 0.3) is 0 Å². The van der Waals surface area contributed by atoms with Crippen molar-refractivity contribution in [3.8, 4) is 17.2 Å². The Morgan fingerprint density at radius 1 is 1.15 bits per heavy atom. The molecule has 208 valence electrons. The second-order valence-electron chi connectivity index (χ2n) is 10.2. The van der Waals surface area contributed by atoms with Gasteiger partial charge in [-0.3, -0.25) is 17.9 Å². The number of ether oxygens (including phenoxy) is 3. The third-order valence-corrected chi connectivity index (χ3v) is 8.69. The highest BCUT2D eigenvalue weighted by atomic mass is 127. The molecular formula is C27H28INO10. The number of Topliss-reactive ketones (excluding diaryl/α,β-unsaturated/α-hetero) is 1. The summed E-state index contributed by atoms with van der Waals surface area (Å²) in [5, 5.41) is 44.5. The molecular weight excluding hydrogens is 625 g/mol. The molecule has 0 amide bonds. The van der Waals surface area contributed by atoms with Gasteiger partial charge >= 0.3 is 0 Å². The van der Waals surface area contributed by atoms with Gasteiger partial charge in [-0.15, -0.1) is 0 Å². The Labute approximate surface area is 237 Å². The van der Waals surface area contributed by atoms with E-state index < -0.39 is 82.6 Å². The molecule has 12 heteroatoms. The molecule has 0 saturated carbocycles. The highest BCUT2D eigenvalue weighted by molar-refractivity contribution is 14.1. The number of rotatable bonds is 5. The molecule has 1 heterocycles. The Hall–Kier alpha value is -2.62. The Morgan fingerprint density at radius 2 is 1.85 bits per heavy atom. The summed E-state index contributed by atoms with van der Waals surface area (Å²) in [7, 11) is 1.35. The van der Waals surface area contributed by atoms with E-state index in [1.54, 1.807) is 6.92 Å². The van der Waals surface area contributed by atoms with Crippen molar-refractivity contribution in [1.82, 2.24) is 3.53 Å². The predicted molar refractivity (Wildman–Crippen MR) is 143 cm³/mol. The predicted octanol–water partition coefficient (Wildman–Crippen LogP) is 2.01. The van der Waals surface area contributed by atoms with Crippen LogP contribution in [0.1, 0.15) is 75.8 Å². The fourth-order valence-electron chi connectivity index (χ4n) is 5.73. The molecule has 2 aliphatic carbocycles. The van der Waals surface area contributed by atoms with Crippen LogP contribution in [0.15, 0.2) is 18.2 Å². The molecule has 1 saturated heterocycles. The number of hydrogen-bond donors (Lipinski definition) is 5. The first kappa shape index (κ1) is 27.9. The number of carbonyl (C=O) groups excluding carboxylic acids is 3. The minimum atomic E-state index is -1.99. The van der Waals surface area contributed by atoms with E-state index in [2.05, 4.69) is 3.53 Å². The number of ketones is 3. The van der Waals surface area contributed by atoms with Crippen LogP contribution in [0.5, 0.6) is 17.2 Å². The molecule has 0 bridgehead atoms. The van der Waals surface area contributed by atoms with Crippen LogP contribution in [0, 0.1) is 0 Å². The van der Waals surface area contributed by atoms with Crippen LogP contribution in [0.4, 0.5) is 0 Å². The third kappa shape index (κ3) is 4.33. The van der Waals surface area contributed by atoms with Crippen LogP contribution < -0.4 is 8.27 Å². The van der Waals surface area contributed by atoms with E-state index >= 15 is 0 Å². The first-order chi connectivity index (χ1) is 18.4. The maximum absolute atomic E-state index is 13.7. The molecule has 2 aromatic carbocycles. The summed E-state index contributed by atoms with van der Waals surface area (Å²) in [6.45, 7) is 2.86. The molecule has 0 spiro atoms. The number of methoxy groups -OCH3 is 1. The third-order valence-electron chi connectivity index (χ3n) is 7.89. The van der Waals surface area contributed by atoms with E-state index in [1.165, 1.54) is 32.2 Å². The minimum absolute atomic E-state index is 0.00701. The average molecular weight is 653 g/mol. The fourth-order valence-corrected chi connectivity index (χ4v) is 6.35. The average Bonchev–Trinajstić information content (AvgIpc) is 2.90. The molecule has 5 N–H and O–H groups in total. The monoisotopic (exact) mass is 653 g/mol. The van der Waals surface area contributed by atoms with Gasteiger partial charge in [0, 0.05) is 64.9 Å². The molecule has 4 unspecified atom stereocenters. The number of phenols is 2. The van der Waals surface area contributed by atoms with Crippen molar-refractivity contribution < 1.29 is 49.0 Å². The summed E-state index contributed by atoms with van der Waals surface area (Å²) in [5.74, 6) is -3.10. The number of aromatic hydroxyl groups is 2. The van der Waals surface area contributed by atoms with Gasteiger partial charge in [0.2, 0.25) is 5.78 Å². The quantitative estimate of drug-likeness (QED) is 0.155. The van der Waals surface area contributed by atoms with Crippen LogP contribution in [0.2, 0.25) is 0 Å². The topological polar surface area (TPSA) is 172 Å². The standard InChI is InChI=1S/C27H28INO10/c1-10-22(31)14(29-28)7-17(38-10)39-16-9-27(36,11(2)30)8-13-19(16)26(35)21-20(24(13)33)23(32)12-5-4-6-15(37-3)18(12)25(21)34/h4-6,10,14,16-17,22,29,31,33,35-36H,7-9H2,1-3H3/t10?,14?,16-,17?,22?,27-/m0/s1. The number of nitrogens with one attached hydrogen (secondary N) is 1. The number of aliphatic hydroxyl groups excluding tert-OH is 1. The van der Waals surface area contributed by atoms with Gasteiger partial charge in [-0.1, -0.05) is 12.1 Å². The lowest BCUT2D eigenvalue weighted by molar-refractivity contribution is -0.247. The van der Waals surface area contributed by atoms with Crippen LogP contribution in [0.3, 0.4) is 0 Å². The zero-order chi connectivity index (χ0) is 28.4. The normalized spacial score (nSPS) is 29.8. The first-order valence-electron chi connectivity index (χ1n) is 12.4. The maximum atomic E-state index is 13.7. The number of halogens is 1. The maximum Gasteiger partial charge on any atom is 0.202 e. The molecule has 6 atom stereocenters. The minimum Gasteiger partial charge on any atom is -0.507 e. The van der Waals surface area contributed by atoms with E-state index in [0.29, 0.717) is 0 Å². The van der Waals surface area contributed by atoms with Crippen molar-refractivity contribution in [2.24, 2.45) is 0 Å². The van der Waals surface area contributed by atoms with Gasteiger partial charge in [-0.2, -0.15) is 0 Å². The molecule has 0 aromatic heterocycles. The fraction of sp³-hybridized carbons (Fsp3) is 0.444. The van der Waals surface area contributed by atoms with Gasteiger partial charge in [0.15, 0.2) is 17.9 Å². The SMILES string of the molecule is COc1cccc2c1C(=O)c1c(O)c3c(c(O)c1C2=O)C[C@@](O)(C(C)=O)C[C@@H]3OC1CC(NI)C(O)C(C)O1. The van der Waals surface area contributed by atoms with Crippen molar-refractivity contribution in [1.29, 1.82) is 0 Å². The molecule has 11 nitrogen and oxygen atoms in total.